The largest absolute Gasteiger partial charge is 0.310 e. The molecule has 5 heteroatoms. The first kappa shape index (κ1) is 18.1. The standard InChI is InChI=1S/C16H28N2O2S/c1-6-16(5,7-2)18-21(19,20)15-11-9-14(10-12-15)13(4)17-8-3/h9-13,17-18H,6-8H2,1-5H3. The molecule has 1 unspecified atom stereocenters. The van der Waals surface area contributed by atoms with E-state index in [2.05, 4.69) is 23.9 Å². The van der Waals surface area contributed by atoms with Crippen molar-refractivity contribution in [1.29, 1.82) is 0 Å². The van der Waals surface area contributed by atoms with Crippen LogP contribution in [0.25, 0.3) is 0 Å². The molecule has 4 nitrogen and oxygen atoms in total. The van der Waals surface area contributed by atoms with E-state index in [1.807, 2.05) is 32.9 Å². The predicted octanol–water partition coefficient (Wildman–Crippen LogP) is 3.21. The molecule has 0 radical (unpaired) electrons. The summed E-state index contributed by atoms with van der Waals surface area (Å²) in [7, 11) is -3.47. The first-order valence-electron chi connectivity index (χ1n) is 7.65. The zero-order valence-corrected chi connectivity index (χ0v) is 14.5. The first-order valence-corrected chi connectivity index (χ1v) is 9.13. The Hall–Kier alpha value is -0.910. The van der Waals surface area contributed by atoms with Gasteiger partial charge >= 0.3 is 0 Å². The minimum atomic E-state index is -3.47. The van der Waals surface area contributed by atoms with Crippen LogP contribution in [0.2, 0.25) is 0 Å². The normalized spacial score (nSPS) is 14.1. The zero-order valence-electron chi connectivity index (χ0n) is 13.7. The minimum absolute atomic E-state index is 0.219. The van der Waals surface area contributed by atoms with E-state index in [0.717, 1.165) is 24.9 Å². The number of sulfonamides is 1. The topological polar surface area (TPSA) is 58.2 Å². The molecule has 0 saturated heterocycles. The molecule has 0 aliphatic rings. The van der Waals surface area contributed by atoms with Gasteiger partial charge in [-0.05, 0) is 50.9 Å². The van der Waals surface area contributed by atoms with Crippen LogP contribution in [0, 0.1) is 0 Å². The molecule has 0 saturated carbocycles. The smallest absolute Gasteiger partial charge is 0.241 e. The molecular weight excluding hydrogens is 284 g/mol. The Balaban J connectivity index is 2.95. The van der Waals surface area contributed by atoms with Crippen molar-refractivity contribution >= 4 is 10.0 Å². The quantitative estimate of drug-likeness (QED) is 0.775. The van der Waals surface area contributed by atoms with Crippen molar-refractivity contribution in [1.82, 2.24) is 10.0 Å². The molecule has 1 atom stereocenters. The molecule has 0 heterocycles. The maximum Gasteiger partial charge on any atom is 0.241 e. The SMILES string of the molecule is CCNC(C)c1ccc(S(=O)(=O)NC(C)(CC)CC)cc1. The Bertz CT molecular complexity index is 534. The lowest BCUT2D eigenvalue weighted by Crippen LogP contribution is -2.44. The third-order valence-electron chi connectivity index (χ3n) is 4.14. The Kier molecular flexibility index (Phi) is 6.38. The van der Waals surface area contributed by atoms with Crippen LogP contribution in [-0.2, 0) is 10.0 Å². The van der Waals surface area contributed by atoms with Gasteiger partial charge in [-0.2, -0.15) is 0 Å². The second-order valence-corrected chi connectivity index (χ2v) is 7.40. The van der Waals surface area contributed by atoms with Crippen LogP contribution < -0.4 is 10.0 Å². The van der Waals surface area contributed by atoms with Crippen molar-refractivity contribution in [3.05, 3.63) is 29.8 Å². The van der Waals surface area contributed by atoms with E-state index in [4.69, 9.17) is 0 Å². The molecule has 1 rings (SSSR count). The average Bonchev–Trinajstić information content (AvgIpc) is 2.47. The van der Waals surface area contributed by atoms with Crippen LogP contribution in [-0.4, -0.2) is 20.5 Å². The highest BCUT2D eigenvalue weighted by atomic mass is 32.2. The number of rotatable bonds is 8. The third kappa shape index (κ3) is 4.80. The second-order valence-electron chi connectivity index (χ2n) is 5.72. The van der Waals surface area contributed by atoms with Gasteiger partial charge in [-0.3, -0.25) is 0 Å². The highest BCUT2D eigenvalue weighted by Gasteiger charge is 2.27. The summed E-state index contributed by atoms with van der Waals surface area (Å²) < 4.78 is 27.7. The van der Waals surface area contributed by atoms with Crippen molar-refractivity contribution in [2.75, 3.05) is 6.54 Å². The van der Waals surface area contributed by atoms with E-state index < -0.39 is 15.6 Å². The summed E-state index contributed by atoms with van der Waals surface area (Å²) in [4.78, 5) is 0.322. The van der Waals surface area contributed by atoms with Crippen molar-refractivity contribution in [3.8, 4) is 0 Å². The van der Waals surface area contributed by atoms with E-state index in [-0.39, 0.29) is 6.04 Å². The fourth-order valence-electron chi connectivity index (χ4n) is 2.14. The van der Waals surface area contributed by atoms with E-state index in [1.165, 1.54) is 0 Å². The second kappa shape index (κ2) is 7.38. The average molecular weight is 312 g/mol. The Morgan fingerprint density at radius 3 is 2.05 bits per heavy atom. The number of benzene rings is 1. The fraction of sp³-hybridized carbons (Fsp3) is 0.625. The van der Waals surface area contributed by atoms with Crippen LogP contribution in [0.1, 0.15) is 59.1 Å². The van der Waals surface area contributed by atoms with Gasteiger partial charge in [0, 0.05) is 11.6 Å². The lowest BCUT2D eigenvalue weighted by molar-refractivity contribution is 0.388. The molecule has 0 fully saturated rings. The van der Waals surface area contributed by atoms with Crippen molar-refractivity contribution < 1.29 is 8.42 Å². The lowest BCUT2D eigenvalue weighted by atomic mass is 9.98. The predicted molar refractivity (Wildman–Crippen MR) is 87.8 cm³/mol. The van der Waals surface area contributed by atoms with Gasteiger partial charge in [-0.15, -0.1) is 0 Å². The monoisotopic (exact) mass is 312 g/mol. The Morgan fingerprint density at radius 1 is 1.10 bits per heavy atom. The number of nitrogens with one attached hydrogen (secondary N) is 2. The summed E-state index contributed by atoms with van der Waals surface area (Å²) in [6, 6.07) is 7.32. The van der Waals surface area contributed by atoms with Crippen molar-refractivity contribution in [2.45, 2.75) is 63.9 Å². The van der Waals surface area contributed by atoms with Crippen molar-refractivity contribution in [3.63, 3.8) is 0 Å². The molecule has 0 spiro atoms. The minimum Gasteiger partial charge on any atom is -0.310 e. The van der Waals surface area contributed by atoms with Crippen LogP contribution in [0.15, 0.2) is 29.2 Å². The Labute approximate surface area is 129 Å². The molecule has 0 bridgehead atoms. The van der Waals surface area contributed by atoms with Gasteiger partial charge in [-0.25, -0.2) is 13.1 Å². The molecule has 1 aromatic carbocycles. The highest BCUT2D eigenvalue weighted by Crippen LogP contribution is 2.20. The molecule has 21 heavy (non-hydrogen) atoms. The molecule has 1 aromatic rings. The first-order chi connectivity index (χ1) is 9.78. The van der Waals surface area contributed by atoms with Crippen LogP contribution in [0.3, 0.4) is 0 Å². The fourth-order valence-corrected chi connectivity index (χ4v) is 3.69. The molecule has 0 aromatic heterocycles. The van der Waals surface area contributed by atoms with Crippen LogP contribution >= 0.6 is 0 Å². The van der Waals surface area contributed by atoms with Gasteiger partial charge in [0.15, 0.2) is 0 Å². The molecule has 0 aliphatic heterocycles. The summed E-state index contributed by atoms with van der Waals surface area (Å²) in [6.07, 6.45) is 1.52. The maximum atomic E-state index is 12.4. The Morgan fingerprint density at radius 2 is 1.62 bits per heavy atom. The molecular formula is C16H28N2O2S. The van der Waals surface area contributed by atoms with Crippen LogP contribution in [0.4, 0.5) is 0 Å². The molecule has 0 amide bonds. The third-order valence-corrected chi connectivity index (χ3v) is 5.80. The van der Waals surface area contributed by atoms with Gasteiger partial charge in [0.05, 0.1) is 4.90 Å². The summed E-state index contributed by atoms with van der Waals surface area (Å²) in [6.45, 7) is 10.9. The van der Waals surface area contributed by atoms with E-state index >= 15 is 0 Å². The van der Waals surface area contributed by atoms with Gasteiger partial charge in [0.2, 0.25) is 10.0 Å². The molecule has 2 N–H and O–H groups in total. The van der Waals surface area contributed by atoms with E-state index in [1.54, 1.807) is 12.1 Å². The summed E-state index contributed by atoms with van der Waals surface area (Å²) in [5.74, 6) is 0. The maximum absolute atomic E-state index is 12.4. The van der Waals surface area contributed by atoms with Gasteiger partial charge in [0.25, 0.3) is 0 Å². The zero-order chi connectivity index (χ0) is 16.1. The number of hydrogen-bond acceptors (Lipinski definition) is 3. The van der Waals surface area contributed by atoms with Gasteiger partial charge in [-0.1, -0.05) is 32.9 Å². The van der Waals surface area contributed by atoms with E-state index in [9.17, 15) is 8.42 Å². The lowest BCUT2D eigenvalue weighted by Gasteiger charge is -2.27. The van der Waals surface area contributed by atoms with Crippen LogP contribution in [0.5, 0.6) is 0 Å². The van der Waals surface area contributed by atoms with E-state index in [0.29, 0.717) is 4.90 Å². The van der Waals surface area contributed by atoms with Gasteiger partial charge < -0.3 is 5.32 Å². The molecule has 0 aliphatic carbocycles. The summed E-state index contributed by atoms with van der Waals surface area (Å²) in [5, 5.41) is 3.31. The summed E-state index contributed by atoms with van der Waals surface area (Å²) in [5.41, 5.74) is 0.693. The highest BCUT2D eigenvalue weighted by molar-refractivity contribution is 7.89. The van der Waals surface area contributed by atoms with Crippen molar-refractivity contribution in [2.24, 2.45) is 0 Å². The number of hydrogen-bond donors (Lipinski definition) is 2. The summed E-state index contributed by atoms with van der Waals surface area (Å²) >= 11 is 0. The van der Waals surface area contributed by atoms with Gasteiger partial charge in [0.1, 0.15) is 0 Å². The molecule has 120 valence electrons.